The number of rotatable bonds is 1. The third kappa shape index (κ3) is 0.671. The van der Waals surface area contributed by atoms with Crippen molar-refractivity contribution in [3.05, 3.63) is 12.2 Å². The summed E-state index contributed by atoms with van der Waals surface area (Å²) in [6.07, 6.45) is 5.01. The summed E-state index contributed by atoms with van der Waals surface area (Å²) in [5, 5.41) is 11.6. The molecule has 10 heavy (non-hydrogen) atoms. The first-order valence-electron chi connectivity index (χ1n) is 3.44. The lowest BCUT2D eigenvalue weighted by Gasteiger charge is -2.13. The summed E-state index contributed by atoms with van der Waals surface area (Å²) in [7, 11) is 0. The van der Waals surface area contributed by atoms with Gasteiger partial charge in [0.1, 0.15) is 6.04 Å². The molecule has 1 saturated heterocycles. The number of hydrogen-bond donors (Lipinski definition) is 2. The molecule has 1 heterocycles. The van der Waals surface area contributed by atoms with E-state index < -0.39 is 5.97 Å². The summed E-state index contributed by atoms with van der Waals surface area (Å²) in [5.74, 6) is -0.487. The molecule has 0 spiro atoms. The van der Waals surface area contributed by atoms with Crippen LogP contribution in [0.1, 0.15) is 6.42 Å². The van der Waals surface area contributed by atoms with Crippen molar-refractivity contribution in [1.82, 2.24) is 5.32 Å². The zero-order chi connectivity index (χ0) is 7.14. The van der Waals surface area contributed by atoms with Crippen LogP contribution in [0.25, 0.3) is 0 Å². The van der Waals surface area contributed by atoms with Crippen LogP contribution in [0.5, 0.6) is 0 Å². The first-order chi connectivity index (χ1) is 4.77. The van der Waals surface area contributed by atoms with E-state index in [9.17, 15) is 4.79 Å². The van der Waals surface area contributed by atoms with Crippen LogP contribution >= 0.6 is 0 Å². The van der Waals surface area contributed by atoms with Crippen molar-refractivity contribution in [2.75, 3.05) is 0 Å². The van der Waals surface area contributed by atoms with Crippen LogP contribution in [0.15, 0.2) is 12.2 Å². The van der Waals surface area contributed by atoms with E-state index in [-0.39, 0.29) is 12.0 Å². The SMILES string of the molecule is O=C(O)[C@@H]1N[C@@H]2C=C[C@H]1C2. The van der Waals surface area contributed by atoms with Crippen molar-refractivity contribution in [3.8, 4) is 0 Å². The Morgan fingerprint density at radius 2 is 2.40 bits per heavy atom. The fourth-order valence-corrected chi connectivity index (χ4v) is 1.71. The minimum absolute atomic E-state index is 0.238. The molecule has 0 aromatic heterocycles. The van der Waals surface area contributed by atoms with Gasteiger partial charge in [-0.25, -0.2) is 0 Å². The molecule has 0 amide bonds. The first kappa shape index (κ1) is 5.92. The Morgan fingerprint density at radius 1 is 1.60 bits per heavy atom. The van der Waals surface area contributed by atoms with Crippen molar-refractivity contribution in [1.29, 1.82) is 0 Å². The van der Waals surface area contributed by atoms with Crippen molar-refractivity contribution >= 4 is 5.97 Å². The smallest absolute Gasteiger partial charge is 0.321 e. The Kier molecular flexibility index (Phi) is 1.08. The molecular formula is C7H9NO2. The second kappa shape index (κ2) is 1.83. The summed E-state index contributed by atoms with van der Waals surface area (Å²) in [6, 6.07) is 0.00102. The number of carboxylic acids is 1. The van der Waals surface area contributed by atoms with E-state index in [0.717, 1.165) is 6.42 Å². The van der Waals surface area contributed by atoms with Gasteiger partial charge in [-0.2, -0.15) is 0 Å². The van der Waals surface area contributed by atoms with E-state index in [1.165, 1.54) is 0 Å². The number of carbonyl (C=O) groups is 1. The number of hydrogen-bond acceptors (Lipinski definition) is 2. The normalized spacial score (nSPS) is 42.6. The second-order valence-corrected chi connectivity index (χ2v) is 2.87. The lowest BCUT2D eigenvalue weighted by atomic mass is 10.0. The minimum Gasteiger partial charge on any atom is -0.480 e. The van der Waals surface area contributed by atoms with Gasteiger partial charge < -0.3 is 5.11 Å². The van der Waals surface area contributed by atoms with Crippen LogP contribution in [-0.4, -0.2) is 23.2 Å². The average Bonchev–Trinajstić information content (AvgIpc) is 2.44. The molecule has 2 rings (SSSR count). The Balaban J connectivity index is 2.16. The predicted molar refractivity (Wildman–Crippen MR) is 35.6 cm³/mol. The van der Waals surface area contributed by atoms with Gasteiger partial charge in [-0.1, -0.05) is 12.2 Å². The predicted octanol–water partition coefficient (Wildman–Crippen LogP) is -0.0125. The molecule has 3 atom stereocenters. The average molecular weight is 139 g/mol. The first-order valence-corrected chi connectivity index (χ1v) is 3.44. The van der Waals surface area contributed by atoms with Crippen LogP contribution in [0.4, 0.5) is 0 Å². The lowest BCUT2D eigenvalue weighted by Crippen LogP contribution is -2.39. The van der Waals surface area contributed by atoms with Crippen LogP contribution in [0.2, 0.25) is 0 Å². The maximum Gasteiger partial charge on any atom is 0.321 e. The van der Waals surface area contributed by atoms with Gasteiger partial charge in [0.05, 0.1) is 0 Å². The fraction of sp³-hybridized carbons (Fsp3) is 0.571. The molecular weight excluding hydrogens is 130 g/mol. The minimum atomic E-state index is -0.725. The van der Waals surface area contributed by atoms with E-state index in [2.05, 4.69) is 5.32 Å². The third-order valence-corrected chi connectivity index (χ3v) is 2.20. The molecule has 0 unspecified atom stereocenters. The van der Waals surface area contributed by atoms with Gasteiger partial charge in [0, 0.05) is 12.0 Å². The van der Waals surface area contributed by atoms with Gasteiger partial charge in [-0.15, -0.1) is 0 Å². The molecule has 0 aromatic carbocycles. The molecule has 2 N–H and O–H groups in total. The van der Waals surface area contributed by atoms with Gasteiger partial charge >= 0.3 is 5.97 Å². The number of aliphatic carboxylic acids is 1. The number of carboxylic acid groups (broad SMARTS) is 1. The highest BCUT2D eigenvalue weighted by atomic mass is 16.4. The van der Waals surface area contributed by atoms with E-state index in [1.54, 1.807) is 0 Å². The van der Waals surface area contributed by atoms with E-state index in [1.807, 2.05) is 12.2 Å². The van der Waals surface area contributed by atoms with Crippen molar-refractivity contribution in [3.63, 3.8) is 0 Å². The monoisotopic (exact) mass is 139 g/mol. The highest BCUT2D eigenvalue weighted by molar-refractivity contribution is 5.75. The van der Waals surface area contributed by atoms with Gasteiger partial charge in [-0.05, 0) is 6.42 Å². The maximum atomic E-state index is 10.5. The van der Waals surface area contributed by atoms with Crippen LogP contribution < -0.4 is 5.32 Å². The van der Waals surface area contributed by atoms with Crippen molar-refractivity contribution in [2.45, 2.75) is 18.5 Å². The summed E-state index contributed by atoms with van der Waals surface area (Å²) in [4.78, 5) is 10.5. The van der Waals surface area contributed by atoms with Gasteiger partial charge in [0.25, 0.3) is 0 Å². The highest BCUT2D eigenvalue weighted by Crippen LogP contribution is 2.28. The Bertz CT molecular complexity index is 200. The summed E-state index contributed by atoms with van der Waals surface area (Å²) < 4.78 is 0. The molecule has 54 valence electrons. The van der Waals surface area contributed by atoms with Crippen molar-refractivity contribution < 1.29 is 9.90 Å². The summed E-state index contributed by atoms with van der Waals surface area (Å²) in [5.41, 5.74) is 0. The molecule has 3 nitrogen and oxygen atoms in total. The zero-order valence-corrected chi connectivity index (χ0v) is 5.45. The Labute approximate surface area is 58.7 Å². The van der Waals surface area contributed by atoms with E-state index in [4.69, 9.17) is 5.11 Å². The number of fused-ring (bicyclic) bond motifs is 2. The number of nitrogens with one attached hydrogen (secondary N) is 1. The Hall–Kier alpha value is -0.830. The molecule has 1 aliphatic heterocycles. The fourth-order valence-electron chi connectivity index (χ4n) is 1.71. The lowest BCUT2D eigenvalue weighted by molar-refractivity contribution is -0.139. The molecule has 0 radical (unpaired) electrons. The van der Waals surface area contributed by atoms with E-state index >= 15 is 0 Å². The highest BCUT2D eigenvalue weighted by Gasteiger charge is 2.39. The molecule has 2 aliphatic rings. The Morgan fingerprint density at radius 3 is 2.70 bits per heavy atom. The van der Waals surface area contributed by atoms with Gasteiger partial charge in [0.2, 0.25) is 0 Å². The summed E-state index contributed by atoms with van der Waals surface area (Å²) >= 11 is 0. The molecule has 2 bridgehead atoms. The molecule has 0 saturated carbocycles. The third-order valence-electron chi connectivity index (χ3n) is 2.20. The molecule has 3 heteroatoms. The van der Waals surface area contributed by atoms with Crippen molar-refractivity contribution in [2.24, 2.45) is 5.92 Å². The second-order valence-electron chi connectivity index (χ2n) is 2.87. The largest absolute Gasteiger partial charge is 0.480 e. The van der Waals surface area contributed by atoms with Gasteiger partial charge in [-0.3, -0.25) is 10.1 Å². The van der Waals surface area contributed by atoms with Crippen LogP contribution in [0.3, 0.4) is 0 Å². The van der Waals surface area contributed by atoms with Crippen LogP contribution in [0, 0.1) is 5.92 Å². The van der Waals surface area contributed by atoms with Gasteiger partial charge in [0.15, 0.2) is 0 Å². The zero-order valence-electron chi connectivity index (χ0n) is 5.45. The molecule has 1 fully saturated rings. The topological polar surface area (TPSA) is 49.3 Å². The summed E-state index contributed by atoms with van der Waals surface area (Å²) in [6.45, 7) is 0. The molecule has 0 aromatic rings. The van der Waals surface area contributed by atoms with Crippen LogP contribution in [-0.2, 0) is 4.79 Å². The maximum absolute atomic E-state index is 10.5. The standard InChI is InChI=1S/C7H9NO2/c9-7(10)6-4-1-2-5(3-4)8-6/h1-2,4-6,8H,3H2,(H,9,10)/t4-,5+,6+/m0/s1. The quantitative estimate of drug-likeness (QED) is 0.502. The van der Waals surface area contributed by atoms with E-state index in [0.29, 0.717) is 6.04 Å². The molecule has 1 aliphatic carbocycles.